The molecule has 0 spiro atoms. The van der Waals surface area contributed by atoms with Gasteiger partial charge < -0.3 is 9.64 Å². The summed E-state index contributed by atoms with van der Waals surface area (Å²) in [5, 5.41) is 4.36. The zero-order valence-electron chi connectivity index (χ0n) is 17.3. The summed E-state index contributed by atoms with van der Waals surface area (Å²) in [4.78, 5) is 27.9. The van der Waals surface area contributed by atoms with Gasteiger partial charge in [0.15, 0.2) is 0 Å². The van der Waals surface area contributed by atoms with Crippen molar-refractivity contribution < 1.29 is 18.7 Å². The van der Waals surface area contributed by atoms with Gasteiger partial charge in [0, 0.05) is 19.6 Å². The van der Waals surface area contributed by atoms with Gasteiger partial charge in [0.2, 0.25) is 0 Å². The standard InChI is InChI=1S/C22H28FN3O3/c1-4-26-19(13-16(3)24-26)20(27)25-12-6-11-22(15-25,21(28)29-5-2)14-17-7-9-18(23)10-8-17/h7-10,13H,4-6,11-12,14-15H2,1-3H3/t22-/m0/s1. The number of benzene rings is 1. The van der Waals surface area contributed by atoms with Crippen LogP contribution < -0.4 is 0 Å². The molecule has 0 unspecified atom stereocenters. The minimum absolute atomic E-state index is 0.125. The van der Waals surface area contributed by atoms with Gasteiger partial charge in [-0.05, 0) is 63.8 Å². The molecular weight excluding hydrogens is 373 g/mol. The second-order valence-electron chi connectivity index (χ2n) is 7.62. The van der Waals surface area contributed by atoms with Crippen LogP contribution in [-0.4, -0.2) is 46.3 Å². The van der Waals surface area contributed by atoms with Gasteiger partial charge in [0.25, 0.3) is 5.91 Å². The molecule has 1 saturated heterocycles. The Labute approximate surface area is 170 Å². The maximum absolute atomic E-state index is 13.3. The van der Waals surface area contributed by atoms with Crippen LogP contribution >= 0.6 is 0 Å². The van der Waals surface area contributed by atoms with Gasteiger partial charge in [-0.3, -0.25) is 14.3 Å². The van der Waals surface area contributed by atoms with Gasteiger partial charge in [0.1, 0.15) is 11.5 Å². The number of aromatic nitrogens is 2. The van der Waals surface area contributed by atoms with Crippen LogP contribution in [0.1, 0.15) is 48.4 Å². The fourth-order valence-electron chi connectivity index (χ4n) is 4.09. The quantitative estimate of drug-likeness (QED) is 0.696. The van der Waals surface area contributed by atoms with Crippen LogP contribution in [0.5, 0.6) is 0 Å². The van der Waals surface area contributed by atoms with E-state index in [1.807, 2.05) is 13.8 Å². The molecule has 1 aliphatic heterocycles. The molecule has 7 heteroatoms. The molecule has 0 saturated carbocycles. The van der Waals surface area contributed by atoms with Crippen molar-refractivity contribution >= 4 is 11.9 Å². The van der Waals surface area contributed by atoms with E-state index in [1.165, 1.54) is 12.1 Å². The summed E-state index contributed by atoms with van der Waals surface area (Å²) in [7, 11) is 0. The van der Waals surface area contributed by atoms with Crippen LogP contribution in [0.15, 0.2) is 30.3 Å². The molecule has 2 aromatic rings. The number of likely N-dealkylation sites (tertiary alicyclic amines) is 1. The maximum Gasteiger partial charge on any atom is 0.314 e. The number of rotatable bonds is 6. The molecule has 156 valence electrons. The van der Waals surface area contributed by atoms with Gasteiger partial charge >= 0.3 is 5.97 Å². The van der Waals surface area contributed by atoms with Crippen molar-refractivity contribution in [3.05, 3.63) is 53.1 Å². The average Bonchev–Trinajstić information content (AvgIpc) is 3.10. The third-order valence-corrected chi connectivity index (χ3v) is 5.45. The molecule has 1 aromatic heterocycles. The van der Waals surface area contributed by atoms with Crippen molar-refractivity contribution in [1.29, 1.82) is 0 Å². The first-order valence-electron chi connectivity index (χ1n) is 10.1. The summed E-state index contributed by atoms with van der Waals surface area (Å²) in [5.74, 6) is -0.746. The minimum Gasteiger partial charge on any atom is -0.466 e. The topological polar surface area (TPSA) is 64.4 Å². The summed E-state index contributed by atoms with van der Waals surface area (Å²) in [6.45, 7) is 7.31. The zero-order chi connectivity index (χ0) is 21.0. The van der Waals surface area contributed by atoms with E-state index in [0.717, 1.165) is 11.3 Å². The van der Waals surface area contributed by atoms with Gasteiger partial charge in [-0.15, -0.1) is 0 Å². The van der Waals surface area contributed by atoms with Crippen molar-refractivity contribution in [2.45, 2.75) is 46.6 Å². The van der Waals surface area contributed by atoms with Crippen LogP contribution in [0.3, 0.4) is 0 Å². The SMILES string of the molecule is CCOC(=O)[C@]1(Cc2ccc(F)cc2)CCCN(C(=O)c2cc(C)nn2CC)C1. The molecule has 1 fully saturated rings. The lowest BCUT2D eigenvalue weighted by Gasteiger charge is -2.41. The third-order valence-electron chi connectivity index (χ3n) is 5.45. The number of esters is 1. The number of nitrogens with zero attached hydrogens (tertiary/aromatic N) is 3. The zero-order valence-corrected chi connectivity index (χ0v) is 17.3. The van der Waals surface area contributed by atoms with E-state index in [1.54, 1.807) is 34.7 Å². The molecule has 2 heterocycles. The Hall–Kier alpha value is -2.70. The third kappa shape index (κ3) is 4.49. The molecule has 0 radical (unpaired) electrons. The van der Waals surface area contributed by atoms with Crippen LogP contribution in [0, 0.1) is 18.2 Å². The maximum atomic E-state index is 13.3. The Balaban J connectivity index is 1.89. The normalized spacial score (nSPS) is 19.2. The molecular formula is C22H28FN3O3. The lowest BCUT2D eigenvalue weighted by Crippen LogP contribution is -2.52. The van der Waals surface area contributed by atoms with E-state index in [9.17, 15) is 14.0 Å². The number of carbonyl (C=O) groups is 2. The molecule has 1 aliphatic rings. The largest absolute Gasteiger partial charge is 0.466 e. The molecule has 0 aliphatic carbocycles. The van der Waals surface area contributed by atoms with Gasteiger partial charge in [-0.2, -0.15) is 5.10 Å². The number of hydrogen-bond donors (Lipinski definition) is 0. The van der Waals surface area contributed by atoms with Crippen molar-refractivity contribution in [3.8, 4) is 0 Å². The molecule has 0 N–H and O–H groups in total. The molecule has 1 amide bonds. The number of piperidine rings is 1. The average molecular weight is 401 g/mol. The predicted octanol–water partition coefficient (Wildman–Crippen LogP) is 3.38. The van der Waals surface area contributed by atoms with Gasteiger partial charge in [-0.25, -0.2) is 4.39 Å². The van der Waals surface area contributed by atoms with Crippen LogP contribution in [0.25, 0.3) is 0 Å². The molecule has 1 atom stereocenters. The molecule has 1 aromatic carbocycles. The number of aryl methyl sites for hydroxylation is 2. The van der Waals surface area contributed by atoms with Crippen molar-refractivity contribution in [2.24, 2.45) is 5.41 Å². The van der Waals surface area contributed by atoms with Crippen LogP contribution in [-0.2, 0) is 22.5 Å². The molecule has 0 bridgehead atoms. The Morgan fingerprint density at radius 1 is 1.24 bits per heavy atom. The summed E-state index contributed by atoms with van der Waals surface area (Å²) >= 11 is 0. The second-order valence-corrected chi connectivity index (χ2v) is 7.62. The summed E-state index contributed by atoms with van der Waals surface area (Å²) in [6.07, 6.45) is 1.73. The highest BCUT2D eigenvalue weighted by Gasteiger charge is 2.45. The van der Waals surface area contributed by atoms with Crippen LogP contribution in [0.2, 0.25) is 0 Å². The fourth-order valence-corrected chi connectivity index (χ4v) is 4.09. The second kappa shape index (κ2) is 8.76. The highest BCUT2D eigenvalue weighted by atomic mass is 19.1. The summed E-state index contributed by atoms with van der Waals surface area (Å²) in [5.41, 5.74) is 1.33. The first-order valence-corrected chi connectivity index (χ1v) is 10.1. The van der Waals surface area contributed by atoms with E-state index in [0.29, 0.717) is 38.0 Å². The Morgan fingerprint density at radius 2 is 1.97 bits per heavy atom. The number of halogens is 1. The minimum atomic E-state index is -0.839. The van der Waals surface area contributed by atoms with Gasteiger partial charge in [0.05, 0.1) is 17.7 Å². The first-order chi connectivity index (χ1) is 13.9. The Morgan fingerprint density at radius 3 is 2.62 bits per heavy atom. The Bertz CT molecular complexity index is 878. The van der Waals surface area contributed by atoms with E-state index in [2.05, 4.69) is 5.10 Å². The van der Waals surface area contributed by atoms with Crippen molar-refractivity contribution in [3.63, 3.8) is 0 Å². The molecule has 3 rings (SSSR count). The molecule has 6 nitrogen and oxygen atoms in total. The highest BCUT2D eigenvalue weighted by molar-refractivity contribution is 5.93. The van der Waals surface area contributed by atoms with E-state index in [-0.39, 0.29) is 30.8 Å². The lowest BCUT2D eigenvalue weighted by atomic mass is 9.75. The predicted molar refractivity (Wildman–Crippen MR) is 107 cm³/mol. The number of ether oxygens (including phenoxy) is 1. The van der Waals surface area contributed by atoms with Crippen molar-refractivity contribution in [1.82, 2.24) is 14.7 Å². The van der Waals surface area contributed by atoms with E-state index >= 15 is 0 Å². The number of carbonyl (C=O) groups excluding carboxylic acids is 2. The number of hydrogen-bond acceptors (Lipinski definition) is 4. The van der Waals surface area contributed by atoms with E-state index < -0.39 is 5.41 Å². The highest BCUT2D eigenvalue weighted by Crippen LogP contribution is 2.36. The van der Waals surface area contributed by atoms with Crippen LogP contribution in [0.4, 0.5) is 4.39 Å². The Kier molecular flexibility index (Phi) is 6.35. The summed E-state index contributed by atoms with van der Waals surface area (Å²) < 4.78 is 20.4. The van der Waals surface area contributed by atoms with Crippen molar-refractivity contribution in [2.75, 3.05) is 19.7 Å². The lowest BCUT2D eigenvalue weighted by molar-refractivity contribution is -0.158. The number of amides is 1. The monoisotopic (exact) mass is 401 g/mol. The first kappa shape index (κ1) is 21.0. The summed E-state index contributed by atoms with van der Waals surface area (Å²) in [6, 6.07) is 7.94. The fraction of sp³-hybridized carbons (Fsp3) is 0.500. The van der Waals surface area contributed by atoms with E-state index in [4.69, 9.17) is 4.74 Å². The smallest absolute Gasteiger partial charge is 0.314 e. The van der Waals surface area contributed by atoms with Gasteiger partial charge in [-0.1, -0.05) is 12.1 Å². The molecule has 29 heavy (non-hydrogen) atoms.